The molecular formula is C18H18ClN3O5. The van der Waals surface area contributed by atoms with E-state index < -0.39 is 17.7 Å². The van der Waals surface area contributed by atoms with E-state index in [9.17, 15) is 14.4 Å². The van der Waals surface area contributed by atoms with E-state index in [0.29, 0.717) is 27.9 Å². The number of methoxy groups -OCH3 is 2. The predicted molar refractivity (Wildman–Crippen MR) is 101 cm³/mol. The van der Waals surface area contributed by atoms with Gasteiger partial charge in [-0.05, 0) is 42.5 Å². The molecule has 0 radical (unpaired) electrons. The Morgan fingerprint density at radius 2 is 1.56 bits per heavy atom. The van der Waals surface area contributed by atoms with E-state index >= 15 is 0 Å². The zero-order valence-corrected chi connectivity index (χ0v) is 15.4. The molecule has 2 rings (SSSR count). The van der Waals surface area contributed by atoms with Crippen LogP contribution in [0.3, 0.4) is 0 Å². The Morgan fingerprint density at radius 1 is 0.889 bits per heavy atom. The summed E-state index contributed by atoms with van der Waals surface area (Å²) < 4.78 is 10.0. The normalized spacial score (nSPS) is 9.89. The summed E-state index contributed by atoms with van der Waals surface area (Å²) in [5.41, 5.74) is 0.857. The first-order valence-corrected chi connectivity index (χ1v) is 8.17. The number of benzene rings is 2. The largest absolute Gasteiger partial charge is 0.497 e. The van der Waals surface area contributed by atoms with Crippen LogP contribution >= 0.6 is 11.6 Å². The smallest absolute Gasteiger partial charge is 0.313 e. The number of ether oxygens (including phenoxy) is 2. The van der Waals surface area contributed by atoms with Crippen LogP contribution in [0, 0.1) is 0 Å². The van der Waals surface area contributed by atoms with Crippen LogP contribution in [-0.2, 0) is 14.4 Å². The first kappa shape index (κ1) is 20.1. The van der Waals surface area contributed by atoms with Crippen molar-refractivity contribution in [3.05, 3.63) is 47.5 Å². The quantitative estimate of drug-likeness (QED) is 0.653. The van der Waals surface area contributed by atoms with Crippen molar-refractivity contribution in [2.24, 2.45) is 0 Å². The van der Waals surface area contributed by atoms with Gasteiger partial charge >= 0.3 is 11.8 Å². The zero-order chi connectivity index (χ0) is 19.8. The van der Waals surface area contributed by atoms with Crippen LogP contribution in [0.25, 0.3) is 0 Å². The molecule has 0 spiro atoms. The van der Waals surface area contributed by atoms with Gasteiger partial charge in [0.25, 0.3) is 0 Å². The summed E-state index contributed by atoms with van der Waals surface area (Å²) in [5.74, 6) is -1.25. The third kappa shape index (κ3) is 5.89. The van der Waals surface area contributed by atoms with Gasteiger partial charge in [0.1, 0.15) is 11.5 Å². The van der Waals surface area contributed by atoms with Gasteiger partial charge in [-0.2, -0.15) is 0 Å². The molecule has 0 aliphatic heterocycles. The molecule has 9 heteroatoms. The van der Waals surface area contributed by atoms with Crippen LogP contribution in [0.1, 0.15) is 0 Å². The maximum atomic E-state index is 11.9. The van der Waals surface area contributed by atoms with E-state index in [1.165, 1.54) is 20.3 Å². The highest BCUT2D eigenvalue weighted by molar-refractivity contribution is 6.40. The number of hydrogen-bond acceptors (Lipinski definition) is 5. The lowest BCUT2D eigenvalue weighted by Crippen LogP contribution is -2.39. The molecule has 0 saturated heterocycles. The molecule has 0 atom stereocenters. The van der Waals surface area contributed by atoms with Crippen molar-refractivity contribution in [2.45, 2.75) is 0 Å². The Balaban J connectivity index is 1.82. The number of rotatable bonds is 6. The number of anilines is 2. The van der Waals surface area contributed by atoms with Gasteiger partial charge < -0.3 is 25.4 Å². The highest BCUT2D eigenvalue weighted by Gasteiger charge is 2.15. The molecule has 0 bridgehead atoms. The number of halogens is 1. The van der Waals surface area contributed by atoms with E-state index in [4.69, 9.17) is 21.1 Å². The minimum absolute atomic E-state index is 0.332. The number of nitrogens with one attached hydrogen (secondary N) is 3. The van der Waals surface area contributed by atoms with Gasteiger partial charge in [-0.15, -0.1) is 0 Å². The summed E-state index contributed by atoms with van der Waals surface area (Å²) in [6.45, 7) is -0.376. The van der Waals surface area contributed by atoms with Crippen molar-refractivity contribution in [3.8, 4) is 11.5 Å². The number of hydrogen-bond donors (Lipinski definition) is 3. The fourth-order valence-electron chi connectivity index (χ4n) is 2.05. The molecule has 142 valence electrons. The second kappa shape index (κ2) is 9.44. The minimum Gasteiger partial charge on any atom is -0.497 e. The molecule has 3 amide bonds. The predicted octanol–water partition coefficient (Wildman–Crippen LogP) is 2.05. The van der Waals surface area contributed by atoms with Crippen molar-refractivity contribution in [3.63, 3.8) is 0 Å². The fourth-order valence-corrected chi connectivity index (χ4v) is 2.31. The second-order valence-corrected chi connectivity index (χ2v) is 5.67. The fraction of sp³-hybridized carbons (Fsp3) is 0.167. The Bertz CT molecular complexity index is 839. The maximum Gasteiger partial charge on any atom is 0.313 e. The zero-order valence-electron chi connectivity index (χ0n) is 14.7. The van der Waals surface area contributed by atoms with Crippen LogP contribution in [0.5, 0.6) is 11.5 Å². The van der Waals surface area contributed by atoms with Crippen molar-refractivity contribution < 1.29 is 23.9 Å². The van der Waals surface area contributed by atoms with E-state index in [-0.39, 0.29) is 6.54 Å². The molecule has 0 heterocycles. The standard InChI is InChI=1S/C18H18ClN3O5/c1-26-13-6-3-11(4-7-13)22-18(25)17(24)20-10-16(23)21-12-5-8-15(27-2)14(19)9-12/h3-9H,10H2,1-2H3,(H,20,24)(H,21,23)(H,22,25). The first-order chi connectivity index (χ1) is 12.9. The molecule has 8 nitrogen and oxygen atoms in total. The minimum atomic E-state index is -0.936. The van der Waals surface area contributed by atoms with Gasteiger partial charge in [0.05, 0.1) is 25.8 Å². The highest BCUT2D eigenvalue weighted by atomic mass is 35.5. The molecule has 0 saturated carbocycles. The SMILES string of the molecule is COc1ccc(NC(=O)C(=O)NCC(=O)Nc2ccc(OC)c(Cl)c2)cc1. The van der Waals surface area contributed by atoms with E-state index in [2.05, 4.69) is 16.0 Å². The van der Waals surface area contributed by atoms with Crippen molar-refractivity contribution in [1.29, 1.82) is 0 Å². The molecule has 0 aliphatic rings. The van der Waals surface area contributed by atoms with Crippen LogP contribution in [-0.4, -0.2) is 38.5 Å². The maximum absolute atomic E-state index is 11.9. The number of carbonyl (C=O) groups excluding carboxylic acids is 3. The number of amides is 3. The highest BCUT2D eigenvalue weighted by Crippen LogP contribution is 2.27. The van der Waals surface area contributed by atoms with E-state index in [0.717, 1.165) is 0 Å². The number of carbonyl (C=O) groups is 3. The lowest BCUT2D eigenvalue weighted by molar-refractivity contribution is -0.136. The van der Waals surface area contributed by atoms with Gasteiger partial charge in [-0.1, -0.05) is 11.6 Å². The third-order valence-corrected chi connectivity index (χ3v) is 3.69. The Kier molecular flexibility index (Phi) is 7.01. The molecule has 0 unspecified atom stereocenters. The summed E-state index contributed by atoms with van der Waals surface area (Å²) in [6, 6.07) is 11.2. The molecular weight excluding hydrogens is 374 g/mol. The average Bonchev–Trinajstić information content (AvgIpc) is 2.66. The monoisotopic (exact) mass is 391 g/mol. The van der Waals surface area contributed by atoms with Gasteiger partial charge in [-0.3, -0.25) is 14.4 Å². The molecule has 0 aromatic heterocycles. The molecule has 3 N–H and O–H groups in total. The average molecular weight is 392 g/mol. The van der Waals surface area contributed by atoms with Crippen molar-refractivity contribution >= 4 is 40.7 Å². The van der Waals surface area contributed by atoms with Crippen LogP contribution in [0.2, 0.25) is 5.02 Å². The van der Waals surface area contributed by atoms with Crippen LogP contribution in [0.15, 0.2) is 42.5 Å². The first-order valence-electron chi connectivity index (χ1n) is 7.79. The molecule has 2 aromatic rings. The van der Waals surface area contributed by atoms with Gasteiger partial charge in [0, 0.05) is 11.4 Å². The topological polar surface area (TPSA) is 106 Å². The summed E-state index contributed by atoms with van der Waals surface area (Å²) in [4.78, 5) is 35.5. The van der Waals surface area contributed by atoms with Crippen LogP contribution in [0.4, 0.5) is 11.4 Å². The second-order valence-electron chi connectivity index (χ2n) is 5.26. The summed E-state index contributed by atoms with van der Waals surface area (Å²) in [7, 11) is 3.00. The molecule has 0 fully saturated rings. The summed E-state index contributed by atoms with van der Waals surface area (Å²) in [5, 5.41) is 7.54. The van der Waals surface area contributed by atoms with Crippen molar-refractivity contribution in [2.75, 3.05) is 31.4 Å². The summed E-state index contributed by atoms with van der Waals surface area (Å²) in [6.07, 6.45) is 0. The lowest BCUT2D eigenvalue weighted by atomic mass is 10.3. The Morgan fingerprint density at radius 3 is 2.15 bits per heavy atom. The van der Waals surface area contributed by atoms with Gasteiger partial charge in [0.15, 0.2) is 0 Å². The lowest BCUT2D eigenvalue weighted by Gasteiger charge is -2.09. The van der Waals surface area contributed by atoms with E-state index in [1.807, 2.05) is 0 Å². The summed E-state index contributed by atoms with van der Waals surface area (Å²) >= 11 is 5.97. The Labute approximate surface area is 160 Å². The van der Waals surface area contributed by atoms with Gasteiger partial charge in [-0.25, -0.2) is 0 Å². The molecule has 0 aliphatic carbocycles. The Hall–Kier alpha value is -3.26. The van der Waals surface area contributed by atoms with Crippen LogP contribution < -0.4 is 25.4 Å². The van der Waals surface area contributed by atoms with Gasteiger partial charge in [0.2, 0.25) is 5.91 Å². The molecule has 2 aromatic carbocycles. The van der Waals surface area contributed by atoms with Crippen molar-refractivity contribution in [1.82, 2.24) is 5.32 Å². The third-order valence-electron chi connectivity index (χ3n) is 3.40. The molecule has 27 heavy (non-hydrogen) atoms. The van der Waals surface area contributed by atoms with E-state index in [1.54, 1.807) is 36.4 Å².